The highest BCUT2D eigenvalue weighted by Crippen LogP contribution is 2.25. The largest absolute Gasteiger partial charge is 0.380 e. The number of carbonyl (C=O) groups is 1. The number of alkyl halides is 1. The molecule has 0 radical (unpaired) electrons. The monoisotopic (exact) mass is 298 g/mol. The van der Waals surface area contributed by atoms with E-state index >= 15 is 0 Å². The predicted octanol–water partition coefficient (Wildman–Crippen LogP) is 0.734. The summed E-state index contributed by atoms with van der Waals surface area (Å²) in [5.41, 5.74) is 0.916. The van der Waals surface area contributed by atoms with E-state index in [9.17, 15) is 4.79 Å². The van der Waals surface area contributed by atoms with Crippen molar-refractivity contribution in [1.82, 2.24) is 15.3 Å². The normalized spacial score (nSPS) is 22.1. The average molecular weight is 299 g/mol. The summed E-state index contributed by atoms with van der Waals surface area (Å²) in [4.78, 5) is 21.9. The molecule has 0 aliphatic carbocycles. The van der Waals surface area contributed by atoms with Gasteiger partial charge in [-0.1, -0.05) is 0 Å². The molecule has 1 aromatic heterocycles. The van der Waals surface area contributed by atoms with E-state index in [1.54, 1.807) is 13.4 Å². The van der Waals surface area contributed by atoms with Crippen molar-refractivity contribution in [1.29, 1.82) is 0 Å². The van der Waals surface area contributed by atoms with Gasteiger partial charge < -0.3 is 15.0 Å². The lowest BCUT2D eigenvalue weighted by atomic mass is 10.2. The number of nitrogens with zero attached hydrogens (tertiary/aromatic N) is 3. The molecule has 1 aliphatic heterocycles. The highest BCUT2D eigenvalue weighted by atomic mass is 35.5. The number of methoxy groups -OCH3 is 1. The summed E-state index contributed by atoms with van der Waals surface area (Å²) in [7, 11) is 1.70. The van der Waals surface area contributed by atoms with Gasteiger partial charge >= 0.3 is 0 Å². The fraction of sp³-hybridized carbons (Fsp3) is 0.615. The number of aryl methyl sites for hydroxylation is 1. The molecule has 0 saturated carbocycles. The first-order valence-corrected chi connectivity index (χ1v) is 7.08. The molecular formula is C13H19ClN4O2. The molecule has 0 unspecified atom stereocenters. The molecule has 1 saturated heterocycles. The maximum Gasteiger partial charge on any atom is 0.234 e. The maximum absolute atomic E-state index is 11.3. The van der Waals surface area contributed by atoms with Gasteiger partial charge in [0.1, 0.15) is 18.0 Å². The second kappa shape index (κ2) is 6.85. The molecule has 0 bridgehead atoms. The number of amides is 1. The Morgan fingerprint density at radius 3 is 3.05 bits per heavy atom. The maximum atomic E-state index is 11.3. The van der Waals surface area contributed by atoms with Crippen LogP contribution in [0.25, 0.3) is 0 Å². The van der Waals surface area contributed by atoms with Gasteiger partial charge in [0.25, 0.3) is 0 Å². The molecule has 2 rings (SSSR count). The Labute approximate surface area is 123 Å². The Kier molecular flexibility index (Phi) is 5.14. The lowest BCUT2D eigenvalue weighted by molar-refractivity contribution is -0.118. The number of hydrogen-bond acceptors (Lipinski definition) is 5. The second-order valence-corrected chi connectivity index (χ2v) is 5.12. The Morgan fingerprint density at radius 1 is 1.60 bits per heavy atom. The van der Waals surface area contributed by atoms with Crippen molar-refractivity contribution in [2.75, 3.05) is 31.0 Å². The zero-order valence-corrected chi connectivity index (χ0v) is 12.4. The van der Waals surface area contributed by atoms with Crippen molar-refractivity contribution in [2.24, 2.45) is 0 Å². The van der Waals surface area contributed by atoms with Gasteiger partial charge in [0.05, 0.1) is 12.1 Å². The van der Waals surface area contributed by atoms with Crippen LogP contribution in [0.5, 0.6) is 0 Å². The van der Waals surface area contributed by atoms with Crippen molar-refractivity contribution < 1.29 is 9.53 Å². The van der Waals surface area contributed by atoms with Gasteiger partial charge in [-0.25, -0.2) is 9.97 Å². The number of halogens is 1. The molecule has 1 fully saturated rings. The van der Waals surface area contributed by atoms with E-state index in [4.69, 9.17) is 16.3 Å². The molecule has 1 amide bonds. The van der Waals surface area contributed by atoms with Gasteiger partial charge in [0.2, 0.25) is 5.91 Å². The highest BCUT2D eigenvalue weighted by Gasteiger charge is 2.33. The highest BCUT2D eigenvalue weighted by molar-refractivity contribution is 6.27. The summed E-state index contributed by atoms with van der Waals surface area (Å²) in [5, 5.41) is 2.82. The minimum absolute atomic E-state index is 0.0208. The van der Waals surface area contributed by atoms with Crippen LogP contribution in [-0.4, -0.2) is 54.1 Å². The van der Waals surface area contributed by atoms with Crippen LogP contribution in [0.4, 0.5) is 5.82 Å². The molecule has 1 N–H and O–H groups in total. The summed E-state index contributed by atoms with van der Waals surface area (Å²) in [6.45, 7) is 3.22. The van der Waals surface area contributed by atoms with Crippen LogP contribution in [0.15, 0.2) is 12.4 Å². The lowest BCUT2D eigenvalue weighted by Crippen LogP contribution is -2.41. The lowest BCUT2D eigenvalue weighted by Gasteiger charge is -2.25. The fourth-order valence-corrected chi connectivity index (χ4v) is 2.49. The van der Waals surface area contributed by atoms with Crippen molar-refractivity contribution in [3.63, 3.8) is 0 Å². The SMILES string of the molecule is CO[C@H]1C[C@@H](CNC(=O)CCl)N(c2cc(C)ncn2)C1. The second-order valence-electron chi connectivity index (χ2n) is 4.85. The molecule has 20 heavy (non-hydrogen) atoms. The molecule has 7 heteroatoms. The Hall–Kier alpha value is -1.40. The Morgan fingerprint density at radius 2 is 2.40 bits per heavy atom. The zero-order valence-electron chi connectivity index (χ0n) is 11.7. The quantitative estimate of drug-likeness (QED) is 0.812. The van der Waals surface area contributed by atoms with Crippen LogP contribution in [0.2, 0.25) is 0 Å². The van der Waals surface area contributed by atoms with Crippen LogP contribution < -0.4 is 10.2 Å². The van der Waals surface area contributed by atoms with E-state index in [1.807, 2.05) is 13.0 Å². The first kappa shape index (κ1) is 15.0. The molecule has 1 aliphatic rings. The number of rotatable bonds is 5. The molecule has 2 atom stereocenters. The van der Waals surface area contributed by atoms with Crippen LogP contribution >= 0.6 is 11.6 Å². The first-order chi connectivity index (χ1) is 9.63. The van der Waals surface area contributed by atoms with Crippen molar-refractivity contribution in [2.45, 2.75) is 25.5 Å². The Bertz CT molecular complexity index is 471. The number of ether oxygens (including phenoxy) is 1. The van der Waals surface area contributed by atoms with E-state index in [0.717, 1.165) is 24.5 Å². The van der Waals surface area contributed by atoms with Gasteiger partial charge in [-0.15, -0.1) is 11.6 Å². The van der Waals surface area contributed by atoms with Gasteiger partial charge in [0.15, 0.2) is 0 Å². The van der Waals surface area contributed by atoms with E-state index in [0.29, 0.717) is 6.54 Å². The van der Waals surface area contributed by atoms with Gasteiger partial charge in [-0.05, 0) is 13.3 Å². The first-order valence-electron chi connectivity index (χ1n) is 6.54. The topological polar surface area (TPSA) is 67.3 Å². The van der Waals surface area contributed by atoms with Crippen LogP contribution in [0, 0.1) is 6.92 Å². The summed E-state index contributed by atoms with van der Waals surface area (Å²) >= 11 is 5.50. The molecule has 6 nitrogen and oxygen atoms in total. The van der Waals surface area contributed by atoms with E-state index < -0.39 is 0 Å². The third-order valence-electron chi connectivity index (χ3n) is 3.45. The zero-order chi connectivity index (χ0) is 14.5. The third-order valence-corrected chi connectivity index (χ3v) is 3.69. The number of carbonyl (C=O) groups excluding carboxylic acids is 1. The third kappa shape index (κ3) is 3.58. The molecule has 110 valence electrons. The van der Waals surface area contributed by atoms with E-state index in [1.165, 1.54) is 0 Å². The average Bonchev–Trinajstić information content (AvgIpc) is 2.88. The predicted molar refractivity (Wildman–Crippen MR) is 77.0 cm³/mol. The summed E-state index contributed by atoms with van der Waals surface area (Å²) in [6, 6.07) is 2.09. The van der Waals surface area contributed by atoms with Crippen molar-refractivity contribution in [3.8, 4) is 0 Å². The summed E-state index contributed by atoms with van der Waals surface area (Å²) in [5.74, 6) is 0.682. The summed E-state index contributed by atoms with van der Waals surface area (Å²) < 4.78 is 5.43. The van der Waals surface area contributed by atoms with Crippen molar-refractivity contribution >= 4 is 23.3 Å². The molecular weight excluding hydrogens is 280 g/mol. The van der Waals surface area contributed by atoms with Crippen molar-refractivity contribution in [3.05, 3.63) is 18.1 Å². The van der Waals surface area contributed by atoms with Gasteiger partial charge in [-0.2, -0.15) is 0 Å². The molecule has 0 spiro atoms. The van der Waals surface area contributed by atoms with E-state index in [2.05, 4.69) is 20.2 Å². The number of nitrogens with one attached hydrogen (secondary N) is 1. The fourth-order valence-electron chi connectivity index (χ4n) is 2.39. The standard InChI is InChI=1S/C13H19ClN4O2/c1-9-3-12(17-8-16-9)18-7-11(20-2)4-10(18)6-15-13(19)5-14/h3,8,10-11H,4-7H2,1-2H3,(H,15,19)/t10-,11-/m0/s1. The minimum Gasteiger partial charge on any atom is -0.380 e. The minimum atomic E-state index is -0.161. The number of anilines is 1. The van der Waals surface area contributed by atoms with Gasteiger partial charge in [-0.3, -0.25) is 4.79 Å². The molecule has 2 heterocycles. The Balaban J connectivity index is 2.09. The summed E-state index contributed by atoms with van der Waals surface area (Å²) in [6.07, 6.45) is 2.55. The van der Waals surface area contributed by atoms with Gasteiger partial charge in [0, 0.05) is 32.0 Å². The van der Waals surface area contributed by atoms with Crippen LogP contribution in [0.1, 0.15) is 12.1 Å². The molecule has 1 aromatic rings. The number of aromatic nitrogens is 2. The van der Waals surface area contributed by atoms with Crippen LogP contribution in [-0.2, 0) is 9.53 Å². The van der Waals surface area contributed by atoms with Crippen LogP contribution in [0.3, 0.4) is 0 Å². The number of hydrogen-bond donors (Lipinski definition) is 1. The van der Waals surface area contributed by atoms with E-state index in [-0.39, 0.29) is 23.9 Å². The smallest absolute Gasteiger partial charge is 0.234 e. The molecule has 0 aromatic carbocycles.